The van der Waals surface area contributed by atoms with Crippen LogP contribution in [0.2, 0.25) is 0 Å². The first-order valence-electron chi connectivity index (χ1n) is 5.05. The molecule has 0 aliphatic carbocycles. The first kappa shape index (κ1) is 10.9. The van der Waals surface area contributed by atoms with E-state index in [0.717, 1.165) is 13.0 Å². The zero-order valence-corrected chi connectivity index (χ0v) is 9.49. The van der Waals surface area contributed by atoms with Crippen molar-refractivity contribution in [2.45, 2.75) is 33.1 Å². The number of thiocarbonyl (C=S) groups is 1. The fourth-order valence-corrected chi connectivity index (χ4v) is 1.67. The summed E-state index contributed by atoms with van der Waals surface area (Å²) in [5, 5.41) is 0. The average molecular weight is 200 g/mol. The number of likely N-dealkylation sites (tertiary alicyclic amines) is 1. The maximum atomic E-state index is 5.67. The summed E-state index contributed by atoms with van der Waals surface area (Å²) < 4.78 is 0. The first-order chi connectivity index (χ1) is 6.02. The normalized spacial score (nSPS) is 19.2. The van der Waals surface area contributed by atoms with Gasteiger partial charge in [0.05, 0.1) is 4.99 Å². The Morgan fingerprint density at radius 1 is 1.38 bits per heavy atom. The maximum absolute atomic E-state index is 5.67. The van der Waals surface area contributed by atoms with Crippen LogP contribution in [0.3, 0.4) is 0 Å². The summed E-state index contributed by atoms with van der Waals surface area (Å²) in [4.78, 5) is 3.15. The van der Waals surface area contributed by atoms with Gasteiger partial charge in [-0.15, -0.1) is 0 Å². The molecule has 1 aliphatic heterocycles. The van der Waals surface area contributed by atoms with Gasteiger partial charge in [0.15, 0.2) is 0 Å². The van der Waals surface area contributed by atoms with Gasteiger partial charge in [-0.2, -0.15) is 0 Å². The molecule has 0 aromatic rings. The van der Waals surface area contributed by atoms with Crippen molar-refractivity contribution in [3.8, 4) is 0 Å². The van der Waals surface area contributed by atoms with Gasteiger partial charge in [-0.05, 0) is 38.9 Å². The third-order valence-corrected chi connectivity index (χ3v) is 3.47. The third-order valence-electron chi connectivity index (χ3n) is 2.92. The number of hydrogen-bond donors (Lipinski definition) is 1. The quantitative estimate of drug-likeness (QED) is 0.702. The molecule has 0 saturated carbocycles. The van der Waals surface area contributed by atoms with Crippen molar-refractivity contribution in [3.05, 3.63) is 0 Å². The minimum atomic E-state index is 0.0257. The molecule has 0 atom stereocenters. The van der Waals surface area contributed by atoms with Gasteiger partial charge in [-0.3, -0.25) is 0 Å². The summed E-state index contributed by atoms with van der Waals surface area (Å²) in [6.45, 7) is 7.92. The lowest BCUT2D eigenvalue weighted by atomic mass is 9.89. The second kappa shape index (κ2) is 4.38. The Hall–Kier alpha value is -0.150. The van der Waals surface area contributed by atoms with E-state index < -0.39 is 0 Å². The SMILES string of the molecule is CC(C)(CCN1CCCC1)C(N)=S. The smallest absolute Gasteiger partial charge is 0.0784 e. The van der Waals surface area contributed by atoms with Gasteiger partial charge in [-0.25, -0.2) is 0 Å². The largest absolute Gasteiger partial charge is 0.393 e. The Morgan fingerprint density at radius 2 is 1.92 bits per heavy atom. The minimum absolute atomic E-state index is 0.0257. The van der Waals surface area contributed by atoms with Crippen LogP contribution in [0.4, 0.5) is 0 Å². The van der Waals surface area contributed by atoms with Crippen molar-refractivity contribution >= 4 is 17.2 Å². The van der Waals surface area contributed by atoms with Crippen molar-refractivity contribution in [1.29, 1.82) is 0 Å². The van der Waals surface area contributed by atoms with Crippen molar-refractivity contribution in [1.82, 2.24) is 4.90 Å². The lowest BCUT2D eigenvalue weighted by molar-refractivity contribution is 0.295. The molecule has 1 aliphatic rings. The zero-order chi connectivity index (χ0) is 9.90. The van der Waals surface area contributed by atoms with Gasteiger partial charge in [-0.1, -0.05) is 26.1 Å². The molecular formula is C10H20N2S. The molecule has 2 nitrogen and oxygen atoms in total. The molecule has 1 fully saturated rings. The molecular weight excluding hydrogens is 180 g/mol. The van der Waals surface area contributed by atoms with E-state index in [0.29, 0.717) is 4.99 Å². The van der Waals surface area contributed by atoms with Gasteiger partial charge in [0.25, 0.3) is 0 Å². The molecule has 13 heavy (non-hydrogen) atoms. The van der Waals surface area contributed by atoms with Crippen LogP contribution >= 0.6 is 12.2 Å². The topological polar surface area (TPSA) is 29.3 Å². The molecule has 0 spiro atoms. The van der Waals surface area contributed by atoms with E-state index in [1.54, 1.807) is 0 Å². The molecule has 1 saturated heterocycles. The maximum Gasteiger partial charge on any atom is 0.0784 e. The van der Waals surface area contributed by atoms with Crippen LogP contribution in [0, 0.1) is 5.41 Å². The van der Waals surface area contributed by atoms with E-state index in [4.69, 9.17) is 18.0 Å². The molecule has 1 rings (SSSR count). The van der Waals surface area contributed by atoms with Crippen LogP contribution < -0.4 is 5.73 Å². The van der Waals surface area contributed by atoms with Crippen LogP contribution in [-0.2, 0) is 0 Å². The Balaban J connectivity index is 2.28. The predicted molar refractivity (Wildman–Crippen MR) is 60.9 cm³/mol. The fraction of sp³-hybridized carbons (Fsp3) is 0.900. The highest BCUT2D eigenvalue weighted by Crippen LogP contribution is 2.22. The highest BCUT2D eigenvalue weighted by atomic mass is 32.1. The van der Waals surface area contributed by atoms with Gasteiger partial charge < -0.3 is 10.6 Å². The van der Waals surface area contributed by atoms with E-state index in [2.05, 4.69) is 18.7 Å². The van der Waals surface area contributed by atoms with Gasteiger partial charge >= 0.3 is 0 Å². The van der Waals surface area contributed by atoms with E-state index in [-0.39, 0.29) is 5.41 Å². The summed E-state index contributed by atoms with van der Waals surface area (Å²) in [5.74, 6) is 0. The molecule has 0 aromatic heterocycles. The molecule has 2 N–H and O–H groups in total. The Bertz CT molecular complexity index is 183. The Morgan fingerprint density at radius 3 is 2.38 bits per heavy atom. The number of hydrogen-bond acceptors (Lipinski definition) is 2. The second-order valence-corrected chi connectivity index (χ2v) is 4.99. The van der Waals surface area contributed by atoms with E-state index >= 15 is 0 Å². The molecule has 0 bridgehead atoms. The van der Waals surface area contributed by atoms with E-state index in [1.807, 2.05) is 0 Å². The van der Waals surface area contributed by atoms with Crippen LogP contribution in [0.5, 0.6) is 0 Å². The summed E-state index contributed by atoms with van der Waals surface area (Å²) in [6, 6.07) is 0. The molecule has 0 radical (unpaired) electrons. The van der Waals surface area contributed by atoms with Crippen molar-refractivity contribution in [2.75, 3.05) is 19.6 Å². The second-order valence-electron chi connectivity index (χ2n) is 4.55. The summed E-state index contributed by atoms with van der Waals surface area (Å²) in [6.07, 6.45) is 3.79. The van der Waals surface area contributed by atoms with Crippen LogP contribution in [-0.4, -0.2) is 29.5 Å². The third kappa shape index (κ3) is 3.24. The Kier molecular flexibility index (Phi) is 3.68. The highest BCUT2D eigenvalue weighted by Gasteiger charge is 2.23. The Labute approximate surface area is 86.5 Å². The van der Waals surface area contributed by atoms with Crippen molar-refractivity contribution in [3.63, 3.8) is 0 Å². The summed E-state index contributed by atoms with van der Waals surface area (Å²) in [7, 11) is 0. The molecule has 1 heterocycles. The molecule has 0 unspecified atom stereocenters. The predicted octanol–water partition coefficient (Wildman–Crippen LogP) is 1.78. The minimum Gasteiger partial charge on any atom is -0.393 e. The summed E-state index contributed by atoms with van der Waals surface area (Å²) >= 11 is 5.03. The van der Waals surface area contributed by atoms with Crippen LogP contribution in [0.25, 0.3) is 0 Å². The molecule has 76 valence electrons. The van der Waals surface area contributed by atoms with Gasteiger partial charge in [0, 0.05) is 5.41 Å². The molecule has 0 amide bonds. The summed E-state index contributed by atoms with van der Waals surface area (Å²) in [5.41, 5.74) is 5.69. The monoisotopic (exact) mass is 200 g/mol. The standard InChI is InChI=1S/C10H20N2S/c1-10(2,9(11)13)5-8-12-6-3-4-7-12/h3-8H2,1-2H3,(H2,11,13). The van der Waals surface area contributed by atoms with E-state index in [1.165, 1.54) is 25.9 Å². The lowest BCUT2D eigenvalue weighted by Crippen LogP contribution is -2.34. The van der Waals surface area contributed by atoms with Crippen molar-refractivity contribution < 1.29 is 0 Å². The molecule has 0 aromatic carbocycles. The zero-order valence-electron chi connectivity index (χ0n) is 8.68. The average Bonchev–Trinajstić information content (AvgIpc) is 2.52. The fourth-order valence-electron chi connectivity index (χ4n) is 1.57. The molecule has 3 heteroatoms. The number of nitrogens with two attached hydrogens (primary N) is 1. The van der Waals surface area contributed by atoms with Crippen LogP contribution in [0.1, 0.15) is 33.1 Å². The first-order valence-corrected chi connectivity index (χ1v) is 5.45. The van der Waals surface area contributed by atoms with Gasteiger partial charge in [0.2, 0.25) is 0 Å². The highest BCUT2D eigenvalue weighted by molar-refractivity contribution is 7.80. The van der Waals surface area contributed by atoms with Crippen LogP contribution in [0.15, 0.2) is 0 Å². The lowest BCUT2D eigenvalue weighted by Gasteiger charge is -2.26. The van der Waals surface area contributed by atoms with Gasteiger partial charge in [0.1, 0.15) is 0 Å². The number of rotatable bonds is 4. The number of nitrogens with zero attached hydrogens (tertiary/aromatic N) is 1. The van der Waals surface area contributed by atoms with E-state index in [9.17, 15) is 0 Å². The van der Waals surface area contributed by atoms with Crippen molar-refractivity contribution in [2.24, 2.45) is 11.1 Å².